The van der Waals surface area contributed by atoms with Crippen LogP contribution in [0.25, 0.3) is 0 Å². The van der Waals surface area contributed by atoms with E-state index in [1.54, 1.807) is 0 Å². The number of carbonyl (C=O) groups is 1. The van der Waals surface area contributed by atoms with Crippen molar-refractivity contribution in [3.05, 3.63) is 0 Å². The molecular formula is C8H8F6O. The molecule has 1 fully saturated rings. The van der Waals surface area contributed by atoms with Crippen molar-refractivity contribution in [3.63, 3.8) is 0 Å². The van der Waals surface area contributed by atoms with Crippen LogP contribution in [0.1, 0.15) is 19.8 Å². The van der Waals surface area contributed by atoms with Gasteiger partial charge >= 0.3 is 12.4 Å². The molecule has 0 N–H and O–H groups in total. The van der Waals surface area contributed by atoms with Crippen molar-refractivity contribution >= 4 is 5.78 Å². The molecule has 7 heteroatoms. The van der Waals surface area contributed by atoms with Gasteiger partial charge in [-0.25, -0.2) is 0 Å². The normalized spacial score (nSPS) is 31.5. The van der Waals surface area contributed by atoms with Crippen LogP contribution in [-0.4, -0.2) is 18.1 Å². The van der Waals surface area contributed by atoms with Gasteiger partial charge in [-0.2, -0.15) is 26.3 Å². The van der Waals surface area contributed by atoms with Gasteiger partial charge in [-0.05, 0) is 6.42 Å². The lowest BCUT2D eigenvalue weighted by Gasteiger charge is -2.20. The van der Waals surface area contributed by atoms with Crippen molar-refractivity contribution in [2.45, 2.75) is 32.1 Å². The van der Waals surface area contributed by atoms with Crippen LogP contribution in [0.5, 0.6) is 0 Å². The van der Waals surface area contributed by atoms with E-state index in [4.69, 9.17) is 0 Å². The molecule has 0 saturated heterocycles. The highest BCUT2D eigenvalue weighted by atomic mass is 19.4. The minimum Gasteiger partial charge on any atom is -0.299 e. The number of alkyl halides is 6. The lowest BCUT2D eigenvalue weighted by atomic mass is 9.95. The predicted molar refractivity (Wildman–Crippen MR) is 37.9 cm³/mol. The van der Waals surface area contributed by atoms with E-state index in [0.29, 0.717) is 0 Å². The molecular weight excluding hydrogens is 226 g/mol. The summed E-state index contributed by atoms with van der Waals surface area (Å²) in [5, 5.41) is 0. The van der Waals surface area contributed by atoms with E-state index in [0.717, 1.165) is 6.92 Å². The first kappa shape index (κ1) is 12.3. The summed E-state index contributed by atoms with van der Waals surface area (Å²) in [7, 11) is 0. The molecule has 0 spiro atoms. The van der Waals surface area contributed by atoms with Crippen molar-refractivity contribution < 1.29 is 31.1 Å². The minimum absolute atomic E-state index is 0.536. The van der Waals surface area contributed by atoms with Crippen LogP contribution in [0.4, 0.5) is 26.3 Å². The Morgan fingerprint density at radius 3 is 1.93 bits per heavy atom. The Balaban J connectivity index is 3.02. The zero-order valence-corrected chi connectivity index (χ0v) is 7.67. The smallest absolute Gasteiger partial charge is 0.299 e. The number of rotatable bonds is 2. The lowest BCUT2D eigenvalue weighted by molar-refractivity contribution is -0.221. The maximum atomic E-state index is 12.4. The lowest BCUT2D eigenvalue weighted by Crippen LogP contribution is -2.37. The van der Waals surface area contributed by atoms with Crippen molar-refractivity contribution in [2.24, 2.45) is 11.3 Å². The van der Waals surface area contributed by atoms with Gasteiger partial charge in [0.25, 0.3) is 0 Å². The average molecular weight is 234 g/mol. The van der Waals surface area contributed by atoms with Crippen LogP contribution < -0.4 is 0 Å². The summed E-state index contributed by atoms with van der Waals surface area (Å²) in [6, 6.07) is 0. The Morgan fingerprint density at radius 2 is 1.73 bits per heavy atom. The maximum Gasteiger partial charge on any atom is 0.401 e. The Hall–Kier alpha value is -0.750. The van der Waals surface area contributed by atoms with Gasteiger partial charge in [-0.3, -0.25) is 4.79 Å². The SMILES string of the molecule is CCC(=O)[C@]1(C(F)(F)F)C[C@@H]1C(F)(F)F. The van der Waals surface area contributed by atoms with E-state index in [-0.39, 0.29) is 0 Å². The topological polar surface area (TPSA) is 17.1 Å². The van der Waals surface area contributed by atoms with Crippen LogP contribution >= 0.6 is 0 Å². The molecule has 1 aliphatic carbocycles. The third-order valence-electron chi connectivity index (χ3n) is 2.68. The molecule has 15 heavy (non-hydrogen) atoms. The van der Waals surface area contributed by atoms with E-state index in [1.807, 2.05) is 0 Å². The van der Waals surface area contributed by atoms with Gasteiger partial charge in [-0.15, -0.1) is 0 Å². The highest BCUT2D eigenvalue weighted by molar-refractivity contribution is 5.88. The Labute approximate surface area is 81.4 Å². The van der Waals surface area contributed by atoms with Gasteiger partial charge in [0.05, 0.1) is 5.92 Å². The molecule has 2 atom stereocenters. The van der Waals surface area contributed by atoms with E-state index in [9.17, 15) is 31.1 Å². The quantitative estimate of drug-likeness (QED) is 0.671. The maximum absolute atomic E-state index is 12.4. The molecule has 1 aliphatic rings. The summed E-state index contributed by atoms with van der Waals surface area (Å²) in [5.41, 5.74) is -3.17. The van der Waals surface area contributed by atoms with Gasteiger partial charge < -0.3 is 0 Å². The third-order valence-corrected chi connectivity index (χ3v) is 2.68. The zero-order chi connectivity index (χ0) is 12.1. The molecule has 0 aromatic rings. The molecule has 1 rings (SSSR count). The van der Waals surface area contributed by atoms with Gasteiger partial charge in [-0.1, -0.05) is 6.92 Å². The molecule has 1 saturated carbocycles. The van der Waals surface area contributed by atoms with E-state index >= 15 is 0 Å². The van der Waals surface area contributed by atoms with Crippen LogP contribution in [-0.2, 0) is 4.79 Å². The first-order valence-electron chi connectivity index (χ1n) is 4.24. The first-order valence-corrected chi connectivity index (χ1v) is 4.24. The standard InChI is InChI=1S/C8H8F6O/c1-2-5(15)6(8(12,13)14)3-4(6)7(9,10)11/h4H,2-3H2,1H3/t4-,6-/m0/s1. The van der Waals surface area contributed by atoms with Crippen molar-refractivity contribution in [1.29, 1.82) is 0 Å². The molecule has 0 bridgehead atoms. The summed E-state index contributed by atoms with van der Waals surface area (Å²) in [5.74, 6) is -3.94. The number of halogens is 6. The zero-order valence-electron chi connectivity index (χ0n) is 7.67. The molecule has 1 nitrogen and oxygen atoms in total. The molecule has 88 valence electrons. The third kappa shape index (κ3) is 1.72. The van der Waals surface area contributed by atoms with Crippen molar-refractivity contribution in [3.8, 4) is 0 Å². The van der Waals surface area contributed by atoms with Gasteiger partial charge in [0.1, 0.15) is 11.2 Å². The van der Waals surface area contributed by atoms with E-state index in [2.05, 4.69) is 0 Å². The van der Waals surface area contributed by atoms with Crippen LogP contribution in [0.15, 0.2) is 0 Å². The molecule has 0 aromatic heterocycles. The fourth-order valence-corrected chi connectivity index (χ4v) is 1.75. The summed E-state index contributed by atoms with van der Waals surface area (Å²) >= 11 is 0. The Bertz CT molecular complexity index is 278. The fraction of sp³-hybridized carbons (Fsp3) is 0.875. The largest absolute Gasteiger partial charge is 0.401 e. The molecule has 0 amide bonds. The molecule has 0 aromatic carbocycles. The number of hydrogen-bond donors (Lipinski definition) is 0. The van der Waals surface area contributed by atoms with Crippen LogP contribution in [0.3, 0.4) is 0 Å². The summed E-state index contributed by atoms with van der Waals surface area (Å²) < 4.78 is 73.5. The second kappa shape index (κ2) is 3.12. The number of ketones is 1. The second-order valence-corrected chi connectivity index (χ2v) is 3.54. The highest BCUT2D eigenvalue weighted by Gasteiger charge is 2.81. The summed E-state index contributed by atoms with van der Waals surface area (Å²) in [6.45, 7) is 1.13. The minimum atomic E-state index is -5.11. The first-order chi connectivity index (χ1) is 6.57. The Kier molecular flexibility index (Phi) is 2.56. The summed E-state index contributed by atoms with van der Waals surface area (Å²) in [4.78, 5) is 11.0. The van der Waals surface area contributed by atoms with Crippen molar-refractivity contribution in [1.82, 2.24) is 0 Å². The van der Waals surface area contributed by atoms with Crippen molar-refractivity contribution in [2.75, 3.05) is 0 Å². The number of carbonyl (C=O) groups excluding carboxylic acids is 1. The summed E-state index contributed by atoms with van der Waals surface area (Å²) in [6.07, 6.45) is -11.8. The number of Topliss-reactive ketones (excluding diaryl/α,β-unsaturated/α-hetero) is 1. The van der Waals surface area contributed by atoms with Crippen LogP contribution in [0, 0.1) is 11.3 Å². The van der Waals surface area contributed by atoms with Gasteiger partial charge in [0.15, 0.2) is 0 Å². The van der Waals surface area contributed by atoms with Gasteiger partial charge in [0, 0.05) is 6.42 Å². The van der Waals surface area contributed by atoms with E-state index in [1.165, 1.54) is 0 Å². The second-order valence-electron chi connectivity index (χ2n) is 3.54. The van der Waals surface area contributed by atoms with Crippen LogP contribution in [0.2, 0.25) is 0 Å². The average Bonchev–Trinajstić information content (AvgIpc) is 2.75. The fourth-order valence-electron chi connectivity index (χ4n) is 1.75. The number of hydrogen-bond acceptors (Lipinski definition) is 1. The highest BCUT2D eigenvalue weighted by Crippen LogP contribution is 2.68. The monoisotopic (exact) mass is 234 g/mol. The van der Waals surface area contributed by atoms with Gasteiger partial charge in [0.2, 0.25) is 0 Å². The molecule has 0 aliphatic heterocycles. The molecule has 0 radical (unpaired) electrons. The van der Waals surface area contributed by atoms with E-state index < -0.39 is 42.3 Å². The molecule has 0 heterocycles. The molecule has 0 unspecified atom stereocenters. The Morgan fingerprint density at radius 1 is 1.27 bits per heavy atom. The predicted octanol–water partition coefficient (Wildman–Crippen LogP) is 3.10.